The molecule has 0 spiro atoms. The molecule has 4 nitrogen and oxygen atoms in total. The lowest BCUT2D eigenvalue weighted by Gasteiger charge is -2.24. The molecule has 0 amide bonds. The smallest absolute Gasteiger partial charge is 0.103 e. The van der Waals surface area contributed by atoms with Crippen molar-refractivity contribution >= 4 is 0 Å². The number of hydrogen-bond donors (Lipinski definition) is 3. The van der Waals surface area contributed by atoms with Crippen molar-refractivity contribution in [3.63, 3.8) is 0 Å². The zero-order chi connectivity index (χ0) is 10.0. The Morgan fingerprint density at radius 3 is 2.86 bits per heavy atom. The first-order valence-electron chi connectivity index (χ1n) is 5.41. The van der Waals surface area contributed by atoms with Crippen LogP contribution in [0.1, 0.15) is 25.7 Å². The predicted octanol–water partition coefficient (Wildman–Crippen LogP) is -0.359. The van der Waals surface area contributed by atoms with E-state index in [1.807, 2.05) is 0 Å². The first kappa shape index (κ1) is 10.4. The van der Waals surface area contributed by atoms with Gasteiger partial charge in [0.25, 0.3) is 0 Å². The van der Waals surface area contributed by atoms with Crippen molar-refractivity contribution in [3.8, 4) is 0 Å². The largest absolute Gasteiger partial charge is 0.392 e. The second kappa shape index (κ2) is 4.14. The molecule has 1 unspecified atom stereocenters. The third-order valence-electron chi connectivity index (χ3n) is 3.26. The summed E-state index contributed by atoms with van der Waals surface area (Å²) in [6.07, 6.45) is 3.43. The van der Waals surface area contributed by atoms with Crippen LogP contribution in [0.5, 0.6) is 0 Å². The topological polar surface area (TPSA) is 61.7 Å². The summed E-state index contributed by atoms with van der Waals surface area (Å²) in [6.45, 7) is 1.60. The number of nitrogens with one attached hydrogen (secondary N) is 1. The third kappa shape index (κ3) is 2.25. The summed E-state index contributed by atoms with van der Waals surface area (Å²) in [5, 5.41) is 22.8. The highest BCUT2D eigenvalue weighted by Crippen LogP contribution is 2.21. The van der Waals surface area contributed by atoms with E-state index in [2.05, 4.69) is 5.32 Å². The molecule has 3 atom stereocenters. The summed E-state index contributed by atoms with van der Waals surface area (Å²) in [7, 11) is 0. The normalized spacial score (nSPS) is 43.3. The maximum atomic E-state index is 9.97. The minimum Gasteiger partial charge on any atom is -0.392 e. The third-order valence-corrected chi connectivity index (χ3v) is 3.26. The van der Waals surface area contributed by atoms with Gasteiger partial charge in [-0.15, -0.1) is 0 Å². The number of hydrogen-bond acceptors (Lipinski definition) is 4. The lowest BCUT2D eigenvalue weighted by molar-refractivity contribution is 0.0205. The summed E-state index contributed by atoms with van der Waals surface area (Å²) in [5.41, 5.74) is -0.706. The number of ether oxygens (including phenoxy) is 1. The Morgan fingerprint density at radius 1 is 1.43 bits per heavy atom. The van der Waals surface area contributed by atoms with Crippen molar-refractivity contribution in [3.05, 3.63) is 0 Å². The van der Waals surface area contributed by atoms with Gasteiger partial charge in [-0.1, -0.05) is 0 Å². The van der Waals surface area contributed by atoms with Crippen LogP contribution in [-0.2, 0) is 4.74 Å². The van der Waals surface area contributed by atoms with E-state index in [1.165, 1.54) is 0 Å². The fourth-order valence-corrected chi connectivity index (χ4v) is 2.24. The molecule has 14 heavy (non-hydrogen) atoms. The van der Waals surface area contributed by atoms with Gasteiger partial charge in [0, 0.05) is 25.6 Å². The van der Waals surface area contributed by atoms with Crippen molar-refractivity contribution in [1.82, 2.24) is 5.32 Å². The molecule has 3 N–H and O–H groups in total. The molecule has 82 valence electrons. The fraction of sp³-hybridized carbons (Fsp3) is 1.00. The van der Waals surface area contributed by atoms with Crippen LogP contribution in [0.25, 0.3) is 0 Å². The van der Waals surface area contributed by atoms with Crippen molar-refractivity contribution in [2.45, 2.75) is 43.4 Å². The quantitative estimate of drug-likeness (QED) is 0.583. The average Bonchev–Trinajstić information content (AvgIpc) is 2.73. The molecule has 1 aliphatic carbocycles. The summed E-state index contributed by atoms with van der Waals surface area (Å²) < 4.78 is 5.15. The van der Waals surface area contributed by atoms with Gasteiger partial charge in [0.15, 0.2) is 0 Å². The SMILES string of the molecule is O[C@@H]1CCC[C@H]1NCC1(O)CCOC1. The average molecular weight is 201 g/mol. The number of aliphatic hydroxyl groups is 2. The van der Waals surface area contributed by atoms with Gasteiger partial charge in [-0.25, -0.2) is 0 Å². The van der Waals surface area contributed by atoms with Gasteiger partial charge >= 0.3 is 0 Å². The molecule has 2 rings (SSSR count). The molecule has 0 aromatic rings. The Bertz CT molecular complexity index is 192. The standard InChI is InChI=1S/C10H19NO3/c12-9-3-1-2-8(9)11-6-10(13)4-5-14-7-10/h8-9,11-13H,1-7H2/t8-,9-,10?/m1/s1. The summed E-state index contributed by atoms with van der Waals surface area (Å²) >= 11 is 0. The zero-order valence-corrected chi connectivity index (χ0v) is 8.41. The Balaban J connectivity index is 1.75. The molecule has 0 bridgehead atoms. The van der Waals surface area contributed by atoms with Gasteiger partial charge in [0.05, 0.1) is 12.7 Å². The minimum absolute atomic E-state index is 0.166. The highest BCUT2D eigenvalue weighted by atomic mass is 16.5. The van der Waals surface area contributed by atoms with Gasteiger partial charge in [-0.3, -0.25) is 0 Å². The number of aliphatic hydroxyl groups excluding tert-OH is 1. The van der Waals surface area contributed by atoms with Crippen molar-refractivity contribution in [2.24, 2.45) is 0 Å². The molecular formula is C10H19NO3. The van der Waals surface area contributed by atoms with E-state index in [1.54, 1.807) is 0 Å². The van der Waals surface area contributed by atoms with Gasteiger partial charge in [-0.05, 0) is 19.3 Å². The molecule has 1 aliphatic heterocycles. The molecule has 2 aliphatic rings. The molecule has 0 aromatic heterocycles. The fourth-order valence-electron chi connectivity index (χ4n) is 2.24. The van der Waals surface area contributed by atoms with Crippen molar-refractivity contribution < 1.29 is 14.9 Å². The van der Waals surface area contributed by atoms with Gasteiger partial charge in [0.2, 0.25) is 0 Å². The Hall–Kier alpha value is -0.160. The van der Waals surface area contributed by atoms with E-state index < -0.39 is 5.60 Å². The maximum absolute atomic E-state index is 9.97. The second-order valence-electron chi connectivity index (χ2n) is 4.51. The summed E-state index contributed by atoms with van der Waals surface area (Å²) in [4.78, 5) is 0. The predicted molar refractivity (Wildman–Crippen MR) is 52.0 cm³/mol. The lowest BCUT2D eigenvalue weighted by Crippen LogP contribution is -2.47. The monoisotopic (exact) mass is 201 g/mol. The molecule has 0 radical (unpaired) electrons. The maximum Gasteiger partial charge on any atom is 0.103 e. The molecule has 2 fully saturated rings. The summed E-state index contributed by atoms with van der Waals surface area (Å²) in [5.74, 6) is 0. The molecule has 1 saturated heterocycles. The van der Waals surface area contributed by atoms with E-state index in [-0.39, 0.29) is 12.1 Å². The Kier molecular flexibility index (Phi) is 3.07. The van der Waals surface area contributed by atoms with Gasteiger partial charge in [0.1, 0.15) is 5.60 Å². The molecule has 1 saturated carbocycles. The van der Waals surface area contributed by atoms with Crippen LogP contribution in [0, 0.1) is 0 Å². The molecule has 1 heterocycles. The molecular weight excluding hydrogens is 182 g/mol. The van der Waals surface area contributed by atoms with Crippen LogP contribution in [0.3, 0.4) is 0 Å². The van der Waals surface area contributed by atoms with Crippen LogP contribution in [-0.4, -0.2) is 47.7 Å². The molecule has 0 aromatic carbocycles. The van der Waals surface area contributed by atoms with E-state index in [0.717, 1.165) is 19.3 Å². The van der Waals surface area contributed by atoms with Crippen LogP contribution in [0.15, 0.2) is 0 Å². The Labute approximate surface area is 84.3 Å². The van der Waals surface area contributed by atoms with Crippen LogP contribution >= 0.6 is 0 Å². The van der Waals surface area contributed by atoms with Crippen LogP contribution in [0.4, 0.5) is 0 Å². The Morgan fingerprint density at radius 2 is 2.29 bits per heavy atom. The zero-order valence-electron chi connectivity index (χ0n) is 8.41. The van der Waals surface area contributed by atoms with Gasteiger partial charge < -0.3 is 20.3 Å². The molecule has 4 heteroatoms. The van der Waals surface area contributed by atoms with Gasteiger partial charge in [-0.2, -0.15) is 0 Å². The van der Waals surface area contributed by atoms with Crippen LogP contribution < -0.4 is 5.32 Å². The first-order valence-corrected chi connectivity index (χ1v) is 5.41. The van der Waals surface area contributed by atoms with Crippen LogP contribution in [0.2, 0.25) is 0 Å². The highest BCUT2D eigenvalue weighted by molar-refractivity contribution is 4.89. The van der Waals surface area contributed by atoms with Crippen molar-refractivity contribution in [2.75, 3.05) is 19.8 Å². The van der Waals surface area contributed by atoms with E-state index >= 15 is 0 Å². The lowest BCUT2D eigenvalue weighted by atomic mass is 10.0. The first-order chi connectivity index (χ1) is 6.70. The minimum atomic E-state index is -0.706. The second-order valence-corrected chi connectivity index (χ2v) is 4.51. The number of rotatable bonds is 3. The summed E-state index contributed by atoms with van der Waals surface area (Å²) in [6, 6.07) is 0.166. The van der Waals surface area contributed by atoms with E-state index in [0.29, 0.717) is 26.2 Å². The van der Waals surface area contributed by atoms with E-state index in [4.69, 9.17) is 4.74 Å². The van der Waals surface area contributed by atoms with Crippen molar-refractivity contribution in [1.29, 1.82) is 0 Å². The highest BCUT2D eigenvalue weighted by Gasteiger charge is 2.34. The van der Waals surface area contributed by atoms with E-state index in [9.17, 15) is 10.2 Å².